The van der Waals surface area contributed by atoms with E-state index in [4.69, 9.17) is 9.15 Å². The third-order valence-corrected chi connectivity index (χ3v) is 5.34. The summed E-state index contributed by atoms with van der Waals surface area (Å²) in [7, 11) is 0. The second-order valence-corrected chi connectivity index (χ2v) is 6.92. The van der Waals surface area contributed by atoms with Crippen LogP contribution >= 0.6 is 0 Å². The van der Waals surface area contributed by atoms with Crippen LogP contribution in [0.15, 0.2) is 51.7 Å². The van der Waals surface area contributed by atoms with Gasteiger partial charge in [-0.3, -0.25) is 4.90 Å². The lowest BCUT2D eigenvalue weighted by molar-refractivity contribution is 0.0613. The highest BCUT2D eigenvalue weighted by Gasteiger charge is 2.26. The van der Waals surface area contributed by atoms with Crippen LogP contribution < -0.4 is 10.4 Å². The summed E-state index contributed by atoms with van der Waals surface area (Å²) < 4.78 is 11.6. The minimum absolute atomic E-state index is 0.264. The van der Waals surface area contributed by atoms with Crippen molar-refractivity contribution in [2.45, 2.75) is 39.8 Å². The predicted molar refractivity (Wildman–Crippen MR) is 102 cm³/mol. The lowest BCUT2D eigenvalue weighted by atomic mass is 9.98. The van der Waals surface area contributed by atoms with Crippen LogP contribution in [-0.2, 0) is 13.0 Å². The van der Waals surface area contributed by atoms with E-state index >= 15 is 0 Å². The van der Waals surface area contributed by atoms with Crippen molar-refractivity contribution in [3.8, 4) is 5.75 Å². The zero-order valence-corrected chi connectivity index (χ0v) is 15.4. The Morgan fingerprint density at radius 1 is 1.19 bits per heavy atom. The maximum Gasteiger partial charge on any atom is 0.336 e. The quantitative estimate of drug-likeness (QED) is 0.649. The van der Waals surface area contributed by atoms with Crippen molar-refractivity contribution in [2.24, 2.45) is 0 Å². The van der Waals surface area contributed by atoms with E-state index in [0.29, 0.717) is 12.3 Å². The number of nitrogens with zero attached hydrogens (tertiary/aromatic N) is 1. The Bertz CT molecular complexity index is 1010. The molecule has 0 bridgehead atoms. The van der Waals surface area contributed by atoms with Crippen LogP contribution in [0.5, 0.6) is 5.75 Å². The average molecular weight is 349 g/mol. The van der Waals surface area contributed by atoms with Gasteiger partial charge in [0.2, 0.25) is 0 Å². The first kappa shape index (κ1) is 16.9. The molecular formula is C22H23NO3. The molecule has 0 aliphatic carbocycles. The van der Waals surface area contributed by atoms with Gasteiger partial charge in [-0.2, -0.15) is 0 Å². The third kappa shape index (κ3) is 2.80. The first-order chi connectivity index (χ1) is 12.6. The van der Waals surface area contributed by atoms with Crippen molar-refractivity contribution < 1.29 is 9.15 Å². The summed E-state index contributed by atoms with van der Waals surface area (Å²) in [5, 5.41) is 1.01. The van der Waals surface area contributed by atoms with Crippen molar-refractivity contribution >= 4 is 11.0 Å². The standard InChI is InChI=1S/C22H23NO3/c1-4-16-11-20(24)26-22-14(2)21-18(10-19(16)22)12-23(13-25-21)15(3)17-8-6-5-7-9-17/h5-11,15H,4,12-13H2,1-3H3/t15-/m0/s1. The van der Waals surface area contributed by atoms with Gasteiger partial charge in [0.15, 0.2) is 0 Å². The maximum absolute atomic E-state index is 11.9. The molecule has 2 heterocycles. The molecule has 0 spiro atoms. The summed E-state index contributed by atoms with van der Waals surface area (Å²) in [6.07, 6.45) is 0.797. The van der Waals surface area contributed by atoms with Gasteiger partial charge in [-0.25, -0.2) is 4.79 Å². The summed E-state index contributed by atoms with van der Waals surface area (Å²) in [6, 6.07) is 14.5. The van der Waals surface area contributed by atoms with Crippen LogP contribution in [0.2, 0.25) is 0 Å². The second kappa shape index (κ2) is 6.61. The number of aryl methyl sites for hydroxylation is 2. The fourth-order valence-electron chi connectivity index (χ4n) is 3.79. The Labute approximate surface area is 153 Å². The Morgan fingerprint density at radius 2 is 1.96 bits per heavy atom. The molecule has 0 saturated carbocycles. The van der Waals surface area contributed by atoms with Gasteiger partial charge in [0.05, 0.1) is 0 Å². The number of fused-ring (bicyclic) bond motifs is 2. The van der Waals surface area contributed by atoms with Crippen LogP contribution in [-0.4, -0.2) is 11.6 Å². The SMILES string of the molecule is CCc1cc(=O)oc2c(C)c3c(cc12)CN([C@@H](C)c1ccccc1)CO3. The highest BCUT2D eigenvalue weighted by atomic mass is 16.5. The van der Waals surface area contributed by atoms with E-state index in [0.717, 1.165) is 40.8 Å². The lowest BCUT2D eigenvalue weighted by Gasteiger charge is -2.34. The predicted octanol–water partition coefficient (Wildman–Crippen LogP) is 4.58. The number of hydrogen-bond acceptors (Lipinski definition) is 4. The molecule has 0 amide bonds. The normalized spacial score (nSPS) is 15.5. The minimum atomic E-state index is -0.299. The van der Waals surface area contributed by atoms with Crippen molar-refractivity contribution in [3.05, 3.63) is 75.1 Å². The highest BCUT2D eigenvalue weighted by molar-refractivity contribution is 5.86. The number of rotatable bonds is 3. The van der Waals surface area contributed by atoms with E-state index in [1.165, 1.54) is 5.56 Å². The minimum Gasteiger partial charge on any atom is -0.477 e. The molecule has 2 aromatic carbocycles. The molecule has 0 saturated heterocycles. The Kier molecular flexibility index (Phi) is 4.29. The van der Waals surface area contributed by atoms with Crippen molar-refractivity contribution in [2.75, 3.05) is 6.73 Å². The molecule has 4 rings (SSSR count). The molecule has 0 fully saturated rings. The number of benzene rings is 2. The van der Waals surface area contributed by atoms with E-state index < -0.39 is 0 Å². The van der Waals surface area contributed by atoms with Crippen LogP contribution in [0.3, 0.4) is 0 Å². The third-order valence-electron chi connectivity index (χ3n) is 5.34. The molecule has 4 nitrogen and oxygen atoms in total. The molecule has 4 heteroatoms. The van der Waals surface area contributed by atoms with Gasteiger partial charge in [0.1, 0.15) is 18.1 Å². The molecule has 26 heavy (non-hydrogen) atoms. The van der Waals surface area contributed by atoms with E-state index in [2.05, 4.69) is 49.1 Å². The first-order valence-electron chi connectivity index (χ1n) is 9.09. The van der Waals surface area contributed by atoms with Crippen LogP contribution in [0.25, 0.3) is 11.0 Å². The lowest BCUT2D eigenvalue weighted by Crippen LogP contribution is -2.34. The van der Waals surface area contributed by atoms with Gasteiger partial charge in [-0.15, -0.1) is 0 Å². The van der Waals surface area contributed by atoms with Gasteiger partial charge < -0.3 is 9.15 Å². The molecule has 1 aliphatic rings. The van der Waals surface area contributed by atoms with E-state index in [-0.39, 0.29) is 11.7 Å². The molecule has 134 valence electrons. The molecule has 1 aliphatic heterocycles. The summed E-state index contributed by atoms with van der Waals surface area (Å²) in [4.78, 5) is 14.2. The largest absolute Gasteiger partial charge is 0.477 e. The fraction of sp³-hybridized carbons (Fsp3) is 0.318. The Balaban J connectivity index is 1.76. The van der Waals surface area contributed by atoms with Gasteiger partial charge in [-0.05, 0) is 37.5 Å². The Hall–Kier alpha value is -2.59. The van der Waals surface area contributed by atoms with Crippen LogP contribution in [0.4, 0.5) is 0 Å². The van der Waals surface area contributed by atoms with E-state index in [1.54, 1.807) is 6.07 Å². The Morgan fingerprint density at radius 3 is 2.69 bits per heavy atom. The van der Waals surface area contributed by atoms with E-state index in [1.807, 2.05) is 13.0 Å². The summed E-state index contributed by atoms with van der Waals surface area (Å²) in [6.45, 7) is 7.56. The number of hydrogen-bond donors (Lipinski definition) is 0. The van der Waals surface area contributed by atoms with Crippen molar-refractivity contribution in [3.63, 3.8) is 0 Å². The first-order valence-corrected chi connectivity index (χ1v) is 9.09. The monoisotopic (exact) mass is 349 g/mol. The zero-order chi connectivity index (χ0) is 18.3. The van der Waals surface area contributed by atoms with Crippen LogP contribution in [0.1, 0.15) is 42.1 Å². The molecule has 1 aromatic heterocycles. The smallest absolute Gasteiger partial charge is 0.336 e. The van der Waals surface area contributed by atoms with Gasteiger partial charge >= 0.3 is 5.63 Å². The van der Waals surface area contributed by atoms with Gasteiger partial charge in [0, 0.05) is 35.2 Å². The molecule has 0 unspecified atom stereocenters. The summed E-state index contributed by atoms with van der Waals surface area (Å²) in [5.74, 6) is 0.852. The number of ether oxygens (including phenoxy) is 1. The average Bonchev–Trinajstić information content (AvgIpc) is 2.68. The topological polar surface area (TPSA) is 42.7 Å². The van der Waals surface area contributed by atoms with Crippen LogP contribution in [0, 0.1) is 6.92 Å². The van der Waals surface area contributed by atoms with Gasteiger partial charge in [0.25, 0.3) is 0 Å². The molecular weight excluding hydrogens is 326 g/mol. The van der Waals surface area contributed by atoms with Crippen molar-refractivity contribution in [1.29, 1.82) is 0 Å². The molecule has 1 atom stereocenters. The van der Waals surface area contributed by atoms with Crippen molar-refractivity contribution in [1.82, 2.24) is 4.90 Å². The van der Waals surface area contributed by atoms with E-state index in [9.17, 15) is 4.79 Å². The fourth-order valence-corrected chi connectivity index (χ4v) is 3.79. The summed E-state index contributed by atoms with van der Waals surface area (Å²) >= 11 is 0. The molecule has 3 aromatic rings. The highest BCUT2D eigenvalue weighted by Crippen LogP contribution is 2.37. The summed E-state index contributed by atoms with van der Waals surface area (Å²) in [5.41, 5.74) is 4.71. The molecule has 0 N–H and O–H groups in total. The second-order valence-electron chi connectivity index (χ2n) is 6.92. The molecule has 0 radical (unpaired) electrons. The zero-order valence-electron chi connectivity index (χ0n) is 15.4. The maximum atomic E-state index is 11.9. The van der Waals surface area contributed by atoms with Gasteiger partial charge in [-0.1, -0.05) is 37.3 Å².